The van der Waals surface area contributed by atoms with Crippen molar-refractivity contribution in [1.29, 1.82) is 0 Å². The average molecular weight is 1840 g/mol. The van der Waals surface area contributed by atoms with Crippen LogP contribution in [0.4, 0.5) is 40.8 Å². The number of hydrogen-bond donors (Lipinski definition) is 4. The van der Waals surface area contributed by atoms with Gasteiger partial charge in [0, 0.05) is 35.1 Å². The Labute approximate surface area is 806 Å². The second kappa shape index (κ2) is 45.1. The lowest BCUT2D eigenvalue weighted by atomic mass is 9.91. The molecule has 692 valence electrons. The van der Waals surface area contributed by atoms with Crippen LogP contribution in [0.25, 0.3) is 55.8 Å². The van der Waals surface area contributed by atoms with Crippen LogP contribution in [0.2, 0.25) is 0 Å². The van der Waals surface area contributed by atoms with Crippen LogP contribution in [0, 0.1) is 23.3 Å². The third-order valence-electron chi connectivity index (χ3n) is 25.6. The zero-order valence-electron chi connectivity index (χ0n) is 77.2. The lowest BCUT2D eigenvalue weighted by molar-refractivity contribution is -0.117. The van der Waals surface area contributed by atoms with Crippen molar-refractivity contribution in [3.05, 3.63) is 463 Å². The Morgan fingerprint density at radius 1 is 0.223 bits per heavy atom. The number of nitrogens with zero attached hydrogens (tertiary/aromatic N) is 8. The predicted molar refractivity (Wildman–Crippen MR) is 541 cm³/mol. The topological polar surface area (TPSA) is 220 Å². The van der Waals surface area contributed by atoms with E-state index in [1.165, 1.54) is 52.1 Å². The number of hydrogen-bond acceptors (Lipinski definition) is 12. The summed E-state index contributed by atoms with van der Waals surface area (Å²) in [7, 11) is 0. The first-order valence-electron chi connectivity index (χ1n) is 47.8. The molecule has 4 aliphatic carbocycles. The van der Waals surface area contributed by atoms with Crippen molar-refractivity contribution in [3.63, 3.8) is 0 Å². The fourth-order valence-electron chi connectivity index (χ4n) is 18.4. The zero-order chi connectivity index (χ0) is 95.2. The molecule has 4 aliphatic rings. The van der Waals surface area contributed by atoms with Gasteiger partial charge in [0.1, 0.15) is 23.3 Å². The van der Waals surface area contributed by atoms with Crippen LogP contribution < -0.4 is 21.3 Å². The standard InChI is InChI=1S/C32H26FN3O.C30H28FN3O.C29H26FN3O.C28H24FN3O/c33-26-14-15-27-25(20-26)13-17-28-31(27)34-29(16-11-21-6-2-1-3-7-21)32(35-28)36-30(37)19-22-10-12-23-8-4-5-9-24(23)18-22;31-24-16-17-25-23(20-24)15-19-26-29(25)32-27(18-14-22-10-5-2-6-11-22)30(33-26)34-28(35)13-7-12-21-8-3-1-4-9-21;30-23-14-15-24-22(19-23)13-17-25-28(24)31-26(16-11-20-7-3-1-4-8-20)29(32-25)33-27(34)18-12-21-9-5-2-6-10-21;29-22-13-14-23-21(18-22)12-16-24-27(23)30-25(15-11-19-7-3-1-4-8-19)28(31-24)32-26(33)17-20-9-5-2-6-10-20/h1-10,12,14-15,18,20H,11,13,16-17,19H2,(H,35,36,37);1-6,8-11,16-17,20H,7,12-15,18-19H2,(H,33,34,35);1-10,14-15,19H,11-13,16-18H2,(H,32,33,34);1-10,13-14,18H,11-12,15-17H2,(H,31,32,33). The second-order valence-electron chi connectivity index (χ2n) is 35.4. The molecule has 0 atom stereocenters. The molecule has 0 aliphatic heterocycles. The van der Waals surface area contributed by atoms with Crippen molar-refractivity contribution in [2.24, 2.45) is 0 Å². The first-order valence-corrected chi connectivity index (χ1v) is 47.8. The fourth-order valence-corrected chi connectivity index (χ4v) is 18.4. The molecule has 17 aromatic rings. The van der Waals surface area contributed by atoms with Gasteiger partial charge >= 0.3 is 0 Å². The predicted octanol–water partition coefficient (Wildman–Crippen LogP) is 23.7. The number of aromatic nitrogens is 8. The summed E-state index contributed by atoms with van der Waals surface area (Å²) in [6.07, 6.45) is 14.8. The van der Waals surface area contributed by atoms with Crippen molar-refractivity contribution in [2.75, 3.05) is 21.3 Å². The van der Waals surface area contributed by atoms with Crippen LogP contribution in [0.1, 0.15) is 132 Å². The lowest BCUT2D eigenvalue weighted by Crippen LogP contribution is -2.20. The molecule has 4 N–H and O–H groups in total. The van der Waals surface area contributed by atoms with Gasteiger partial charge in [-0.2, -0.15) is 0 Å². The van der Waals surface area contributed by atoms with Gasteiger partial charge in [0.2, 0.25) is 23.6 Å². The van der Waals surface area contributed by atoms with Crippen LogP contribution >= 0.6 is 0 Å². The normalized spacial score (nSPS) is 12.1. The highest BCUT2D eigenvalue weighted by atomic mass is 19.1. The molecule has 4 amide bonds. The number of carbonyl (C=O) groups excluding carboxylic acids is 4. The van der Waals surface area contributed by atoms with E-state index in [-0.39, 0.29) is 59.7 Å². The van der Waals surface area contributed by atoms with E-state index in [0.717, 1.165) is 179 Å². The molecule has 0 bridgehead atoms. The Morgan fingerprint density at radius 2 is 0.489 bits per heavy atom. The first-order chi connectivity index (χ1) is 68.1. The van der Waals surface area contributed by atoms with Crippen LogP contribution in [0.15, 0.2) is 328 Å². The molecule has 0 radical (unpaired) electrons. The maximum atomic E-state index is 13.8. The molecule has 0 saturated heterocycles. The summed E-state index contributed by atoms with van der Waals surface area (Å²) in [5.41, 5.74) is 26.1. The number of fused-ring (bicyclic) bond motifs is 13. The quantitative estimate of drug-likeness (QED) is 0.0353. The SMILES string of the molecule is O=C(CCCc1ccccc1)Nc1nc2c(nc1CCc1ccccc1)-c1ccc(F)cc1CC2.O=C(CCc1ccccc1)Nc1nc2c(nc1CCc1ccccc1)-c1ccc(F)cc1CC2.O=C(Cc1ccc2ccccc2c1)Nc1nc2c(nc1CCc1ccccc1)-c1ccc(F)cc1CC2.O=C(Cc1ccccc1)Nc1nc2c(nc1CCc1ccccc1)-c1ccc(F)cc1CC2. The molecule has 0 spiro atoms. The number of anilines is 4. The molecular weight excluding hydrogens is 1740 g/mol. The van der Waals surface area contributed by atoms with Gasteiger partial charge < -0.3 is 21.3 Å². The summed E-state index contributed by atoms with van der Waals surface area (Å²) >= 11 is 0. The number of halogens is 4. The minimum atomic E-state index is -0.239. The van der Waals surface area contributed by atoms with Gasteiger partial charge in [-0.15, -0.1) is 0 Å². The van der Waals surface area contributed by atoms with Gasteiger partial charge in [0.15, 0.2) is 23.3 Å². The number of benzene rings is 13. The highest BCUT2D eigenvalue weighted by molar-refractivity contribution is 5.95. The molecule has 16 nitrogen and oxygen atoms in total. The van der Waals surface area contributed by atoms with Crippen LogP contribution in [-0.2, 0) is 148 Å². The summed E-state index contributed by atoms with van der Waals surface area (Å²) in [6, 6.07) is 104. The number of rotatable bonds is 27. The van der Waals surface area contributed by atoms with E-state index in [9.17, 15) is 36.7 Å². The number of nitrogens with one attached hydrogen (secondary N) is 4. The maximum Gasteiger partial charge on any atom is 0.229 e. The van der Waals surface area contributed by atoms with Crippen LogP contribution in [0.3, 0.4) is 0 Å². The summed E-state index contributed by atoms with van der Waals surface area (Å²) in [5, 5.41) is 14.4. The van der Waals surface area contributed by atoms with Crippen molar-refractivity contribution in [1.82, 2.24) is 39.9 Å². The van der Waals surface area contributed by atoms with E-state index in [0.29, 0.717) is 120 Å². The van der Waals surface area contributed by atoms with Gasteiger partial charge in [-0.25, -0.2) is 57.4 Å². The van der Waals surface area contributed by atoms with Gasteiger partial charge in [-0.3, -0.25) is 19.2 Å². The van der Waals surface area contributed by atoms with E-state index in [1.54, 1.807) is 48.5 Å². The minimum Gasteiger partial charge on any atom is -0.309 e. The van der Waals surface area contributed by atoms with Gasteiger partial charge in [-0.05, 0) is 272 Å². The maximum absolute atomic E-state index is 13.8. The van der Waals surface area contributed by atoms with E-state index < -0.39 is 0 Å². The molecule has 4 heterocycles. The number of aryl methyl sites for hydroxylation is 18. The molecular formula is C119H104F4N12O4. The van der Waals surface area contributed by atoms with E-state index in [2.05, 4.69) is 100 Å². The van der Waals surface area contributed by atoms with Crippen LogP contribution in [0.5, 0.6) is 0 Å². The van der Waals surface area contributed by atoms with Crippen molar-refractivity contribution in [3.8, 4) is 45.0 Å². The van der Waals surface area contributed by atoms with Crippen molar-refractivity contribution < 1.29 is 36.7 Å². The Balaban J connectivity index is 0.000000123. The summed E-state index contributed by atoms with van der Waals surface area (Å²) in [6.45, 7) is 0. The second-order valence-corrected chi connectivity index (χ2v) is 35.4. The molecule has 13 aromatic carbocycles. The van der Waals surface area contributed by atoms with Crippen molar-refractivity contribution in [2.45, 2.75) is 148 Å². The summed E-state index contributed by atoms with van der Waals surface area (Å²) in [5.74, 6) is 0.836. The fraction of sp³-hybridized carbons (Fsp3) is 0.193. The molecule has 0 fully saturated rings. The third kappa shape index (κ3) is 24.7. The summed E-state index contributed by atoms with van der Waals surface area (Å²) in [4.78, 5) is 90.9. The molecule has 4 aromatic heterocycles. The van der Waals surface area contributed by atoms with Gasteiger partial charge in [0.25, 0.3) is 0 Å². The smallest absolute Gasteiger partial charge is 0.229 e. The highest BCUT2D eigenvalue weighted by Crippen LogP contribution is 2.40. The monoisotopic (exact) mass is 1840 g/mol. The molecule has 21 rings (SSSR count). The van der Waals surface area contributed by atoms with Crippen molar-refractivity contribution >= 4 is 57.7 Å². The van der Waals surface area contributed by atoms with E-state index >= 15 is 0 Å². The van der Waals surface area contributed by atoms with E-state index in [4.69, 9.17) is 39.9 Å². The Kier molecular flexibility index (Phi) is 30.3. The molecule has 0 saturated carbocycles. The Morgan fingerprint density at radius 3 is 0.813 bits per heavy atom. The number of carbonyl (C=O) groups is 4. The Bertz CT molecular complexity index is 7250. The van der Waals surface area contributed by atoms with E-state index in [1.807, 2.05) is 176 Å². The third-order valence-corrected chi connectivity index (χ3v) is 25.6. The average Bonchev–Trinajstić information content (AvgIpc) is 0.782. The molecule has 0 unspecified atom stereocenters. The van der Waals surface area contributed by atoms with Gasteiger partial charge in [-0.1, -0.05) is 255 Å². The minimum absolute atomic E-state index is 0.0468. The first kappa shape index (κ1) is 93.4. The Hall–Kier alpha value is -16.0. The largest absolute Gasteiger partial charge is 0.309 e. The molecule has 139 heavy (non-hydrogen) atoms. The highest BCUT2D eigenvalue weighted by Gasteiger charge is 2.29. The van der Waals surface area contributed by atoms with Crippen LogP contribution in [-0.4, -0.2) is 63.5 Å². The van der Waals surface area contributed by atoms with Gasteiger partial charge in [0.05, 0.1) is 81.2 Å². The number of amides is 4. The lowest BCUT2D eigenvalue weighted by Gasteiger charge is -2.21. The zero-order valence-corrected chi connectivity index (χ0v) is 77.2. The summed E-state index contributed by atoms with van der Waals surface area (Å²) < 4.78 is 55.2. The molecule has 20 heteroatoms.